The van der Waals surface area contributed by atoms with E-state index in [9.17, 15) is 70.0 Å². The summed E-state index contributed by atoms with van der Waals surface area (Å²) in [6.07, 6.45) is 0. The fourth-order valence-electron chi connectivity index (χ4n) is 8.52. The topological polar surface area (TPSA) is 406 Å². The number of aromatic hydroxyl groups is 1. The molecule has 6 N–H and O–H groups in total. The number of benzene rings is 9. The van der Waals surface area contributed by atoms with E-state index in [4.69, 9.17) is 4.74 Å². The van der Waals surface area contributed by atoms with E-state index in [1.165, 1.54) is 79.9 Å². The second-order valence-corrected chi connectivity index (χ2v) is 24.2. The fourth-order valence-corrected chi connectivity index (χ4v) is 11.7. The molecule has 9 aromatic carbocycles. The number of azo groups is 3. The van der Waals surface area contributed by atoms with Gasteiger partial charge in [-0.2, -0.15) is 52.0 Å². The molecule has 0 aliphatic carbocycles. The Kier molecular flexibility index (Phi) is 13.2. The van der Waals surface area contributed by atoms with Crippen molar-refractivity contribution in [2.75, 3.05) is 7.11 Å². The molecule has 10 aromatic rings. The lowest BCUT2D eigenvalue weighted by Crippen LogP contribution is -2.04. The molecule has 0 radical (unpaired) electrons. The highest BCUT2D eigenvalue weighted by molar-refractivity contribution is 7.87. The third kappa shape index (κ3) is 10.4. The molecule has 10 rings (SSSR count). The molecule has 1 aromatic heterocycles. The molecule has 0 amide bonds. The minimum absolute atomic E-state index is 0.00117. The van der Waals surface area contributed by atoms with Crippen LogP contribution in [-0.2, 0) is 50.6 Å². The summed E-state index contributed by atoms with van der Waals surface area (Å²) in [5.74, 6) is -0.722. The molecule has 31 heteroatoms. The largest absolute Gasteiger partial charge is 0.505 e. The van der Waals surface area contributed by atoms with Gasteiger partial charge in [-0.05, 0) is 103 Å². The van der Waals surface area contributed by atoms with Gasteiger partial charge in [-0.1, -0.05) is 36.4 Å². The standard InChI is InChI=1S/C48H33N9O17S5/c1-24-17-41(42(74-2)23-40(24)52-50-36-13-14-38(34-20-27(75(59,60)61)8-10-31(34)36)51-49-37-15-16-43(77(65,66)67)32-6-4-3-5-30(32)37)53-54-47-45(79(71,72)73)19-25-18-26(7-9-29(25)48(47)58)57-55-39-12-11-33-35(46(39)56-57)21-28(76(62,63)64)22-44(33)78(68,69)70/h3-23,58H,1-2H3,(H,59,60,61)(H,62,63,64)(H,65,66,67)(H,68,69,70)(H,71,72,73). The average Bonchev–Trinajstić information content (AvgIpc) is 3.98. The lowest BCUT2D eigenvalue weighted by atomic mass is 10.1. The van der Waals surface area contributed by atoms with Crippen molar-refractivity contribution in [2.24, 2.45) is 30.7 Å². The normalized spacial score (nSPS) is 13.2. The van der Waals surface area contributed by atoms with E-state index in [1.54, 1.807) is 25.1 Å². The average molecular weight is 1170 g/mol. The van der Waals surface area contributed by atoms with Crippen molar-refractivity contribution in [3.63, 3.8) is 0 Å². The van der Waals surface area contributed by atoms with Crippen LogP contribution in [0.4, 0.5) is 34.1 Å². The molecule has 1 heterocycles. The van der Waals surface area contributed by atoms with E-state index in [0.29, 0.717) is 22.4 Å². The van der Waals surface area contributed by atoms with Gasteiger partial charge < -0.3 is 9.84 Å². The first-order chi connectivity index (χ1) is 37.1. The number of aryl methyl sites for hydroxylation is 1. The zero-order valence-electron chi connectivity index (χ0n) is 39.9. The van der Waals surface area contributed by atoms with Gasteiger partial charge in [0.2, 0.25) is 0 Å². The van der Waals surface area contributed by atoms with E-state index in [0.717, 1.165) is 35.1 Å². The van der Waals surface area contributed by atoms with Crippen LogP contribution in [0.3, 0.4) is 0 Å². The van der Waals surface area contributed by atoms with E-state index in [-0.39, 0.29) is 88.1 Å². The fraction of sp³-hybridized carbons (Fsp3) is 0.0417. The molecule has 26 nitrogen and oxygen atoms in total. The highest BCUT2D eigenvalue weighted by Gasteiger charge is 2.26. The molecule has 0 bridgehead atoms. The summed E-state index contributed by atoms with van der Waals surface area (Å²) in [6.45, 7) is 1.61. The minimum atomic E-state index is -5.16. The number of phenolic OH excluding ortho intramolecular Hbond substituents is 1. The maximum atomic E-state index is 12.9. The van der Waals surface area contributed by atoms with Crippen molar-refractivity contribution < 1.29 is 74.7 Å². The summed E-state index contributed by atoms with van der Waals surface area (Å²) in [6, 6.07) is 27.3. The number of ether oxygens (including phenoxy) is 1. The Labute approximate surface area is 445 Å². The first-order valence-electron chi connectivity index (χ1n) is 22.1. The molecule has 0 saturated heterocycles. The lowest BCUT2D eigenvalue weighted by Gasteiger charge is -2.11. The van der Waals surface area contributed by atoms with Crippen LogP contribution in [0.15, 0.2) is 183 Å². The first-order valence-corrected chi connectivity index (χ1v) is 29.3. The van der Waals surface area contributed by atoms with Crippen LogP contribution in [-0.4, -0.2) is 92.1 Å². The van der Waals surface area contributed by atoms with E-state index in [2.05, 4.69) is 40.9 Å². The third-order valence-electron chi connectivity index (χ3n) is 12.2. The predicted molar refractivity (Wildman–Crippen MR) is 283 cm³/mol. The van der Waals surface area contributed by atoms with Gasteiger partial charge in [0.05, 0.1) is 45.3 Å². The summed E-state index contributed by atoms with van der Waals surface area (Å²) in [7, 11) is -23.2. The van der Waals surface area contributed by atoms with Gasteiger partial charge in [-0.15, -0.1) is 35.8 Å². The van der Waals surface area contributed by atoms with Crippen molar-refractivity contribution in [1.82, 2.24) is 15.0 Å². The van der Waals surface area contributed by atoms with Crippen molar-refractivity contribution in [3.8, 4) is 17.2 Å². The minimum Gasteiger partial charge on any atom is -0.505 e. The highest BCUT2D eigenvalue weighted by atomic mass is 32.2. The van der Waals surface area contributed by atoms with Gasteiger partial charge in [-0.25, -0.2) is 0 Å². The molecule has 0 fully saturated rings. The summed E-state index contributed by atoms with van der Waals surface area (Å²) in [4.78, 5) is -2.39. The third-order valence-corrected chi connectivity index (χ3v) is 16.6. The zero-order chi connectivity index (χ0) is 56.7. The van der Waals surface area contributed by atoms with Gasteiger partial charge in [0, 0.05) is 43.8 Å². The summed E-state index contributed by atoms with van der Waals surface area (Å²) in [5.41, 5.74) is 0.553. The Morgan fingerprint density at radius 3 is 1.62 bits per heavy atom. The Balaban J connectivity index is 0.981. The number of fused-ring (bicyclic) bond motifs is 6. The van der Waals surface area contributed by atoms with Crippen LogP contribution < -0.4 is 4.74 Å². The summed E-state index contributed by atoms with van der Waals surface area (Å²) in [5, 5.41) is 46.4. The molecule has 0 atom stereocenters. The number of hydrogen-bond donors (Lipinski definition) is 6. The van der Waals surface area contributed by atoms with Crippen LogP contribution in [0.2, 0.25) is 0 Å². The van der Waals surface area contributed by atoms with E-state index < -0.39 is 81.6 Å². The van der Waals surface area contributed by atoms with Crippen LogP contribution in [0.25, 0.3) is 59.8 Å². The molecule has 0 spiro atoms. The predicted octanol–water partition coefficient (Wildman–Crippen LogP) is 10.5. The number of aromatic nitrogens is 3. The molecule has 0 saturated carbocycles. The Hall–Kier alpha value is -8.63. The summed E-state index contributed by atoms with van der Waals surface area (Å²) >= 11 is 0. The monoisotopic (exact) mass is 1170 g/mol. The molecule has 0 aliphatic rings. The Bertz CT molecular complexity index is 5020. The Morgan fingerprint density at radius 2 is 0.987 bits per heavy atom. The molecule has 0 unspecified atom stereocenters. The number of nitrogens with zero attached hydrogens (tertiary/aromatic N) is 9. The smallest absolute Gasteiger partial charge is 0.296 e. The number of rotatable bonds is 13. The molecular formula is C48H33N9O17S5. The molecular weight excluding hydrogens is 1130 g/mol. The van der Waals surface area contributed by atoms with Gasteiger partial charge >= 0.3 is 0 Å². The molecule has 402 valence electrons. The second-order valence-electron chi connectivity index (χ2n) is 17.1. The molecule has 79 heavy (non-hydrogen) atoms. The van der Waals surface area contributed by atoms with Gasteiger partial charge in [-0.3, -0.25) is 22.8 Å². The van der Waals surface area contributed by atoms with Crippen molar-refractivity contribution >= 4 is 139 Å². The van der Waals surface area contributed by atoms with Gasteiger partial charge in [0.1, 0.15) is 42.8 Å². The quantitative estimate of drug-likeness (QED) is 0.0461. The van der Waals surface area contributed by atoms with Gasteiger partial charge in [0.15, 0.2) is 5.75 Å². The van der Waals surface area contributed by atoms with Gasteiger partial charge in [0.25, 0.3) is 50.6 Å². The van der Waals surface area contributed by atoms with Crippen molar-refractivity contribution in [1.29, 1.82) is 0 Å². The maximum Gasteiger partial charge on any atom is 0.296 e. The van der Waals surface area contributed by atoms with Crippen LogP contribution >= 0.6 is 0 Å². The second kappa shape index (κ2) is 19.4. The number of methoxy groups -OCH3 is 1. The van der Waals surface area contributed by atoms with Crippen molar-refractivity contribution in [3.05, 3.63) is 133 Å². The maximum absolute atomic E-state index is 12.9. The number of hydrogen-bond acceptors (Lipinski definition) is 20. The van der Waals surface area contributed by atoms with Crippen LogP contribution in [0.5, 0.6) is 11.5 Å². The van der Waals surface area contributed by atoms with Crippen LogP contribution in [0.1, 0.15) is 5.56 Å². The van der Waals surface area contributed by atoms with Crippen molar-refractivity contribution in [2.45, 2.75) is 31.4 Å². The number of phenols is 1. The van der Waals surface area contributed by atoms with Crippen LogP contribution in [0, 0.1) is 6.92 Å². The zero-order valence-corrected chi connectivity index (χ0v) is 43.9. The summed E-state index contributed by atoms with van der Waals surface area (Å²) < 4.78 is 178. The molecule has 0 aliphatic heterocycles. The SMILES string of the molecule is COc1cc(N=Nc2ccc(N=Nc3ccc(S(=O)(=O)O)c4ccccc34)c3cc(S(=O)(=O)O)ccc23)c(C)cc1N=Nc1c(S(=O)(=O)O)cc2cc(-n3nc4ccc5c(S(=O)(=O)O)cc(S(=O)(=O)O)cc5c4n3)ccc2c1O. The highest BCUT2D eigenvalue weighted by Crippen LogP contribution is 2.45. The van der Waals surface area contributed by atoms with E-state index >= 15 is 0 Å². The Morgan fingerprint density at radius 1 is 0.443 bits per heavy atom. The lowest BCUT2D eigenvalue weighted by molar-refractivity contribution is 0.416. The first kappa shape index (κ1) is 53.8. The van der Waals surface area contributed by atoms with E-state index in [1.807, 2.05) is 0 Å².